The van der Waals surface area contributed by atoms with E-state index in [9.17, 15) is 28.8 Å². The summed E-state index contributed by atoms with van der Waals surface area (Å²) in [5.74, 6) is -4.26. The average Bonchev–Trinajstić information content (AvgIpc) is 3.29. The van der Waals surface area contributed by atoms with Gasteiger partial charge < -0.3 is 15.5 Å². The van der Waals surface area contributed by atoms with Crippen molar-refractivity contribution in [2.24, 2.45) is 0 Å². The van der Waals surface area contributed by atoms with Crippen LogP contribution >= 0.6 is 0 Å². The van der Waals surface area contributed by atoms with Gasteiger partial charge in [-0.25, -0.2) is 14.5 Å². The molecule has 1 aromatic heterocycles. The summed E-state index contributed by atoms with van der Waals surface area (Å²) >= 11 is 0. The smallest absolute Gasteiger partial charge is 0.326 e. The number of hydroxylamine groups is 2. The minimum Gasteiger partial charge on any atom is -0.481 e. The summed E-state index contributed by atoms with van der Waals surface area (Å²) < 4.78 is 13.9. The van der Waals surface area contributed by atoms with Crippen LogP contribution in [0.5, 0.6) is 0 Å². The molecule has 2 aromatic rings. The van der Waals surface area contributed by atoms with Gasteiger partial charge in [0.15, 0.2) is 0 Å². The van der Waals surface area contributed by atoms with Gasteiger partial charge in [-0.1, -0.05) is 17.3 Å². The standard InChI is InChI=1S/C22H28FN5O7/c23-12-2-4-16-13-27(26-25-16)17-8-6-15(7-9-17)3-1-5-20(30)28(35)14-19(29)24-18(22(33)34)10-11-21(31)32/h6-9,13,18,35H,1-5,10-12,14H2,(H,24,29)(H,31,32)(H,33,34)/t18-/m0/s1. The van der Waals surface area contributed by atoms with E-state index in [1.54, 1.807) is 10.9 Å². The average molecular weight is 493 g/mol. The Labute approximate surface area is 200 Å². The normalized spacial score (nSPS) is 11.6. The molecule has 0 aliphatic carbocycles. The third kappa shape index (κ3) is 9.49. The fourth-order valence-electron chi connectivity index (χ4n) is 3.16. The molecule has 0 spiro atoms. The van der Waals surface area contributed by atoms with Crippen molar-refractivity contribution in [1.29, 1.82) is 0 Å². The molecule has 0 aliphatic rings. The number of benzene rings is 1. The zero-order valence-electron chi connectivity index (χ0n) is 19.0. The van der Waals surface area contributed by atoms with Crippen LogP contribution in [0.25, 0.3) is 5.69 Å². The number of carboxylic acids is 2. The monoisotopic (exact) mass is 493 g/mol. The van der Waals surface area contributed by atoms with Crippen molar-refractivity contribution in [3.8, 4) is 5.69 Å². The molecule has 4 N–H and O–H groups in total. The van der Waals surface area contributed by atoms with Crippen LogP contribution in [0.4, 0.5) is 4.39 Å². The molecule has 2 amide bonds. The highest BCUT2D eigenvalue weighted by molar-refractivity contribution is 5.87. The number of halogens is 1. The van der Waals surface area contributed by atoms with Gasteiger partial charge in [-0.15, -0.1) is 5.10 Å². The Morgan fingerprint density at radius 3 is 2.40 bits per heavy atom. The maximum atomic E-state index is 12.3. The van der Waals surface area contributed by atoms with E-state index < -0.39 is 49.4 Å². The number of carbonyl (C=O) groups is 4. The first kappa shape index (κ1) is 27.4. The number of rotatable bonds is 15. The Kier molecular flexibility index (Phi) is 10.8. The molecule has 0 unspecified atom stereocenters. The summed E-state index contributed by atoms with van der Waals surface area (Å²) in [6.07, 6.45) is 2.73. The summed E-state index contributed by atoms with van der Waals surface area (Å²) in [7, 11) is 0. The fourth-order valence-corrected chi connectivity index (χ4v) is 3.16. The van der Waals surface area contributed by atoms with Crippen LogP contribution < -0.4 is 5.32 Å². The molecule has 1 heterocycles. The van der Waals surface area contributed by atoms with Crippen molar-refractivity contribution in [3.05, 3.63) is 41.7 Å². The van der Waals surface area contributed by atoms with Gasteiger partial charge in [0.05, 0.1) is 24.3 Å². The summed E-state index contributed by atoms with van der Waals surface area (Å²) in [6, 6.07) is 5.93. The Hall–Kier alpha value is -3.87. The SMILES string of the molecule is O=C(O)CC[C@H](NC(=O)CN(O)C(=O)CCCc1ccc(-n2cc(CCCF)nn2)cc1)C(=O)O. The number of hydrogen-bond acceptors (Lipinski definition) is 7. The molecule has 0 saturated heterocycles. The van der Waals surface area contributed by atoms with E-state index in [1.807, 2.05) is 24.3 Å². The molecule has 0 aliphatic heterocycles. The lowest BCUT2D eigenvalue weighted by atomic mass is 10.1. The number of aliphatic carboxylic acids is 2. The first-order valence-electron chi connectivity index (χ1n) is 11.0. The quantitative estimate of drug-likeness (QED) is 0.209. The molecule has 12 nitrogen and oxygen atoms in total. The van der Waals surface area contributed by atoms with Crippen LogP contribution in [0.1, 0.15) is 43.4 Å². The van der Waals surface area contributed by atoms with Gasteiger partial charge in [-0.2, -0.15) is 0 Å². The first-order valence-corrected chi connectivity index (χ1v) is 11.0. The van der Waals surface area contributed by atoms with Crippen LogP contribution in [0, 0.1) is 0 Å². The van der Waals surface area contributed by atoms with Crippen LogP contribution in [0.15, 0.2) is 30.5 Å². The molecule has 0 saturated carbocycles. The second-order valence-corrected chi connectivity index (χ2v) is 7.81. The van der Waals surface area contributed by atoms with Crippen molar-refractivity contribution >= 4 is 23.8 Å². The number of aromatic nitrogens is 3. The van der Waals surface area contributed by atoms with Gasteiger partial charge in [0.25, 0.3) is 0 Å². The van der Waals surface area contributed by atoms with Crippen LogP contribution in [0.2, 0.25) is 0 Å². The minimum absolute atomic E-state index is 0.0477. The highest BCUT2D eigenvalue weighted by Gasteiger charge is 2.23. The molecule has 35 heavy (non-hydrogen) atoms. The van der Waals surface area contributed by atoms with Gasteiger partial charge in [0.1, 0.15) is 12.6 Å². The Morgan fingerprint density at radius 2 is 1.77 bits per heavy atom. The second kappa shape index (κ2) is 13.7. The molecule has 190 valence electrons. The highest BCUT2D eigenvalue weighted by Crippen LogP contribution is 2.12. The molecule has 0 radical (unpaired) electrons. The zero-order valence-corrected chi connectivity index (χ0v) is 19.0. The third-order valence-corrected chi connectivity index (χ3v) is 5.03. The highest BCUT2D eigenvalue weighted by atomic mass is 19.1. The number of amides is 2. The lowest BCUT2D eigenvalue weighted by Gasteiger charge is -2.17. The molecule has 1 aromatic carbocycles. The van der Waals surface area contributed by atoms with Gasteiger partial charge in [0.2, 0.25) is 11.8 Å². The number of carboxylic acid groups (broad SMARTS) is 2. The van der Waals surface area contributed by atoms with E-state index in [4.69, 9.17) is 10.2 Å². The van der Waals surface area contributed by atoms with Gasteiger partial charge in [-0.05, 0) is 49.8 Å². The van der Waals surface area contributed by atoms with Crippen LogP contribution in [-0.2, 0) is 32.0 Å². The third-order valence-electron chi connectivity index (χ3n) is 5.03. The topological polar surface area (TPSA) is 175 Å². The lowest BCUT2D eigenvalue weighted by Crippen LogP contribution is -2.46. The second-order valence-electron chi connectivity index (χ2n) is 7.81. The summed E-state index contributed by atoms with van der Waals surface area (Å²) in [6.45, 7) is -1.18. The fraction of sp³-hybridized carbons (Fsp3) is 0.455. The maximum Gasteiger partial charge on any atom is 0.326 e. The summed E-state index contributed by atoms with van der Waals surface area (Å²) in [4.78, 5) is 45.7. The molecule has 2 rings (SSSR count). The minimum atomic E-state index is -1.44. The Morgan fingerprint density at radius 1 is 1.06 bits per heavy atom. The predicted octanol–water partition coefficient (Wildman–Crippen LogP) is 1.14. The number of hydrogen-bond donors (Lipinski definition) is 4. The molecular formula is C22H28FN5O7. The van der Waals surface area contributed by atoms with E-state index >= 15 is 0 Å². The van der Waals surface area contributed by atoms with E-state index in [2.05, 4.69) is 15.6 Å². The molecule has 1 atom stereocenters. The first-order chi connectivity index (χ1) is 16.7. The number of carbonyl (C=O) groups excluding carboxylic acids is 2. The van der Waals surface area contributed by atoms with Gasteiger partial charge in [-0.3, -0.25) is 24.0 Å². The van der Waals surface area contributed by atoms with Gasteiger partial charge >= 0.3 is 11.9 Å². The lowest BCUT2D eigenvalue weighted by molar-refractivity contribution is -0.169. The largest absolute Gasteiger partial charge is 0.481 e. The summed E-state index contributed by atoms with van der Waals surface area (Å²) in [5, 5.41) is 37.8. The number of alkyl halides is 1. The molecule has 13 heteroatoms. The van der Waals surface area contributed by atoms with E-state index in [-0.39, 0.29) is 17.9 Å². The van der Waals surface area contributed by atoms with Crippen LogP contribution in [0.3, 0.4) is 0 Å². The van der Waals surface area contributed by atoms with E-state index in [1.165, 1.54) is 0 Å². The van der Waals surface area contributed by atoms with Gasteiger partial charge in [0, 0.05) is 12.8 Å². The van der Waals surface area contributed by atoms with E-state index in [0.29, 0.717) is 31.4 Å². The molecule has 0 fully saturated rings. The number of nitrogens with zero attached hydrogens (tertiary/aromatic N) is 4. The molecular weight excluding hydrogens is 465 g/mol. The van der Waals surface area contributed by atoms with E-state index in [0.717, 1.165) is 11.3 Å². The number of aryl methyl sites for hydroxylation is 2. The molecule has 0 bridgehead atoms. The van der Waals surface area contributed by atoms with Crippen molar-refractivity contribution in [3.63, 3.8) is 0 Å². The van der Waals surface area contributed by atoms with Crippen molar-refractivity contribution in [1.82, 2.24) is 25.4 Å². The van der Waals surface area contributed by atoms with Crippen molar-refractivity contribution in [2.75, 3.05) is 13.2 Å². The Bertz CT molecular complexity index is 1010. The Balaban J connectivity index is 1.76. The zero-order chi connectivity index (χ0) is 25.8. The van der Waals surface area contributed by atoms with Crippen molar-refractivity contribution < 1.29 is 39.0 Å². The maximum absolute atomic E-state index is 12.3. The van der Waals surface area contributed by atoms with Crippen LogP contribution in [-0.4, -0.2) is 78.5 Å². The predicted molar refractivity (Wildman–Crippen MR) is 119 cm³/mol. The van der Waals surface area contributed by atoms with Crippen molar-refractivity contribution in [2.45, 2.75) is 51.0 Å². The number of nitrogens with one attached hydrogen (secondary N) is 1. The summed E-state index contributed by atoms with van der Waals surface area (Å²) in [5.41, 5.74) is 2.41.